The van der Waals surface area contributed by atoms with Crippen LogP contribution in [0.4, 0.5) is 10.5 Å². The smallest absolute Gasteiger partial charge is 0.321 e. The molecule has 2 aliphatic rings. The van der Waals surface area contributed by atoms with Gasteiger partial charge in [0.25, 0.3) is 0 Å². The van der Waals surface area contributed by atoms with Gasteiger partial charge < -0.3 is 19.7 Å². The monoisotopic (exact) mass is 318 g/mol. The van der Waals surface area contributed by atoms with Gasteiger partial charge in [-0.15, -0.1) is 0 Å². The van der Waals surface area contributed by atoms with E-state index in [4.69, 9.17) is 9.47 Å². The predicted molar refractivity (Wildman–Crippen MR) is 89.6 cm³/mol. The molecule has 2 fully saturated rings. The van der Waals surface area contributed by atoms with Crippen molar-refractivity contribution in [2.24, 2.45) is 0 Å². The number of carbonyl (C=O) groups excluding carboxylic acids is 1. The normalized spacial score (nSPS) is 20.7. The van der Waals surface area contributed by atoms with Crippen LogP contribution in [-0.2, 0) is 9.47 Å². The minimum absolute atomic E-state index is 0.0382. The first-order chi connectivity index (χ1) is 11.1. The lowest BCUT2D eigenvalue weighted by atomic mass is 10.0. The van der Waals surface area contributed by atoms with Crippen molar-refractivity contribution in [2.75, 3.05) is 31.6 Å². The van der Waals surface area contributed by atoms with Gasteiger partial charge in [0, 0.05) is 31.6 Å². The van der Waals surface area contributed by atoms with Crippen molar-refractivity contribution in [3.05, 3.63) is 29.8 Å². The SMILES string of the molecule is CC(C)c1ccccc1NC(=O)N1CCC2(CC1)OCCCO2. The van der Waals surface area contributed by atoms with Crippen molar-refractivity contribution in [3.63, 3.8) is 0 Å². The van der Waals surface area contributed by atoms with Gasteiger partial charge in [-0.05, 0) is 24.0 Å². The van der Waals surface area contributed by atoms with Crippen molar-refractivity contribution in [2.45, 2.75) is 44.8 Å². The van der Waals surface area contributed by atoms with Gasteiger partial charge in [0.05, 0.1) is 13.2 Å². The fraction of sp³-hybridized carbons (Fsp3) is 0.611. The number of hydrogen-bond donors (Lipinski definition) is 1. The molecule has 0 saturated carbocycles. The Hall–Kier alpha value is -1.59. The molecule has 2 aliphatic heterocycles. The van der Waals surface area contributed by atoms with E-state index in [0.717, 1.165) is 43.7 Å². The van der Waals surface area contributed by atoms with E-state index < -0.39 is 5.79 Å². The van der Waals surface area contributed by atoms with Gasteiger partial charge >= 0.3 is 6.03 Å². The fourth-order valence-corrected chi connectivity index (χ4v) is 3.26. The topological polar surface area (TPSA) is 50.8 Å². The molecular weight excluding hydrogens is 292 g/mol. The Morgan fingerprint density at radius 2 is 1.83 bits per heavy atom. The van der Waals surface area contributed by atoms with E-state index in [2.05, 4.69) is 25.2 Å². The first-order valence-corrected chi connectivity index (χ1v) is 8.52. The van der Waals surface area contributed by atoms with Crippen molar-refractivity contribution >= 4 is 11.7 Å². The highest BCUT2D eigenvalue weighted by molar-refractivity contribution is 5.90. The van der Waals surface area contributed by atoms with Gasteiger partial charge in [-0.25, -0.2) is 4.79 Å². The summed E-state index contributed by atoms with van der Waals surface area (Å²) in [5.74, 6) is -0.0784. The third-order valence-corrected chi connectivity index (χ3v) is 4.66. The number of hydrogen-bond acceptors (Lipinski definition) is 3. The second-order valence-electron chi connectivity index (χ2n) is 6.62. The number of benzene rings is 1. The lowest BCUT2D eigenvalue weighted by molar-refractivity contribution is -0.281. The Balaban J connectivity index is 1.60. The van der Waals surface area contributed by atoms with Crippen molar-refractivity contribution in [3.8, 4) is 0 Å². The molecule has 0 radical (unpaired) electrons. The summed E-state index contributed by atoms with van der Waals surface area (Å²) in [6, 6.07) is 7.95. The lowest BCUT2D eigenvalue weighted by Gasteiger charge is -2.43. The molecule has 3 rings (SSSR count). The van der Waals surface area contributed by atoms with Crippen LogP contribution in [0.25, 0.3) is 0 Å². The maximum Gasteiger partial charge on any atom is 0.321 e. The third kappa shape index (κ3) is 3.67. The van der Waals surface area contributed by atoms with E-state index in [1.165, 1.54) is 0 Å². The van der Waals surface area contributed by atoms with Crippen LogP contribution in [0.15, 0.2) is 24.3 Å². The predicted octanol–water partition coefficient (Wildman–Crippen LogP) is 3.57. The Bertz CT molecular complexity index is 543. The first-order valence-electron chi connectivity index (χ1n) is 8.52. The zero-order chi connectivity index (χ0) is 16.3. The maximum absolute atomic E-state index is 12.5. The van der Waals surface area contributed by atoms with Crippen LogP contribution in [0.5, 0.6) is 0 Å². The Labute approximate surface area is 137 Å². The van der Waals surface area contributed by atoms with Crippen LogP contribution in [0, 0.1) is 0 Å². The molecule has 0 aromatic heterocycles. The lowest BCUT2D eigenvalue weighted by Crippen LogP contribution is -2.52. The first kappa shape index (κ1) is 16.3. The largest absolute Gasteiger partial charge is 0.350 e. The number of para-hydroxylation sites is 1. The number of urea groups is 1. The number of nitrogens with zero attached hydrogens (tertiary/aromatic N) is 1. The summed E-state index contributed by atoms with van der Waals surface area (Å²) in [6.07, 6.45) is 2.44. The highest BCUT2D eigenvalue weighted by atomic mass is 16.7. The number of anilines is 1. The molecular formula is C18H26N2O3. The molecule has 0 bridgehead atoms. The van der Waals surface area contributed by atoms with Crippen LogP contribution in [-0.4, -0.2) is 43.0 Å². The van der Waals surface area contributed by atoms with E-state index in [-0.39, 0.29) is 6.03 Å². The highest BCUT2D eigenvalue weighted by Gasteiger charge is 2.39. The summed E-state index contributed by atoms with van der Waals surface area (Å²) in [5.41, 5.74) is 2.06. The van der Waals surface area contributed by atoms with Gasteiger partial charge in [0.15, 0.2) is 5.79 Å². The van der Waals surface area contributed by atoms with Crippen LogP contribution in [0.1, 0.15) is 44.6 Å². The molecule has 1 spiro atoms. The fourth-order valence-electron chi connectivity index (χ4n) is 3.26. The molecule has 1 aromatic carbocycles. The molecule has 0 atom stereocenters. The molecule has 23 heavy (non-hydrogen) atoms. The van der Waals surface area contributed by atoms with Crippen molar-refractivity contribution in [1.29, 1.82) is 0 Å². The average Bonchev–Trinajstić information content (AvgIpc) is 2.56. The van der Waals surface area contributed by atoms with Gasteiger partial charge in [0.2, 0.25) is 0 Å². The molecule has 0 aliphatic carbocycles. The number of carbonyl (C=O) groups is 1. The number of rotatable bonds is 2. The van der Waals surface area contributed by atoms with E-state index >= 15 is 0 Å². The second-order valence-corrected chi connectivity index (χ2v) is 6.62. The van der Waals surface area contributed by atoms with Crippen LogP contribution in [0.3, 0.4) is 0 Å². The van der Waals surface area contributed by atoms with E-state index in [0.29, 0.717) is 19.0 Å². The van der Waals surface area contributed by atoms with Gasteiger partial charge in [0.1, 0.15) is 0 Å². The quantitative estimate of drug-likeness (QED) is 0.907. The summed E-state index contributed by atoms with van der Waals surface area (Å²) in [7, 11) is 0. The Morgan fingerprint density at radius 3 is 2.48 bits per heavy atom. The molecule has 5 nitrogen and oxygen atoms in total. The van der Waals surface area contributed by atoms with Crippen LogP contribution >= 0.6 is 0 Å². The van der Waals surface area contributed by atoms with Crippen LogP contribution < -0.4 is 5.32 Å². The summed E-state index contributed by atoms with van der Waals surface area (Å²) < 4.78 is 11.6. The zero-order valence-corrected chi connectivity index (χ0v) is 14.0. The molecule has 0 unspecified atom stereocenters. The molecule has 1 N–H and O–H groups in total. The van der Waals surface area contributed by atoms with Gasteiger partial charge in [-0.1, -0.05) is 32.0 Å². The number of piperidine rings is 1. The Kier molecular flexibility index (Phi) is 4.87. The minimum Gasteiger partial charge on any atom is -0.350 e. The molecule has 2 heterocycles. The van der Waals surface area contributed by atoms with E-state index in [1.54, 1.807) is 0 Å². The zero-order valence-electron chi connectivity index (χ0n) is 14.0. The summed E-state index contributed by atoms with van der Waals surface area (Å²) in [5, 5.41) is 3.06. The summed E-state index contributed by atoms with van der Waals surface area (Å²) in [4.78, 5) is 14.4. The van der Waals surface area contributed by atoms with E-state index in [1.807, 2.05) is 23.1 Å². The molecule has 2 amide bonds. The number of nitrogens with one attached hydrogen (secondary N) is 1. The Morgan fingerprint density at radius 1 is 1.17 bits per heavy atom. The standard InChI is InChI=1S/C18H26N2O3/c1-14(2)15-6-3-4-7-16(15)19-17(21)20-10-8-18(9-11-20)22-12-5-13-23-18/h3-4,6-7,14H,5,8-13H2,1-2H3,(H,19,21). The van der Waals surface area contributed by atoms with Crippen molar-refractivity contribution < 1.29 is 14.3 Å². The second kappa shape index (κ2) is 6.89. The molecule has 2 saturated heterocycles. The molecule has 126 valence electrons. The summed E-state index contributed by atoms with van der Waals surface area (Å²) in [6.45, 7) is 7.11. The number of ether oxygens (including phenoxy) is 2. The third-order valence-electron chi connectivity index (χ3n) is 4.66. The molecule has 1 aromatic rings. The van der Waals surface area contributed by atoms with Crippen molar-refractivity contribution in [1.82, 2.24) is 4.90 Å². The van der Waals surface area contributed by atoms with Crippen LogP contribution in [0.2, 0.25) is 0 Å². The molecule has 5 heteroatoms. The van der Waals surface area contributed by atoms with E-state index in [9.17, 15) is 4.79 Å². The number of likely N-dealkylation sites (tertiary alicyclic amines) is 1. The average molecular weight is 318 g/mol. The van der Waals surface area contributed by atoms with Gasteiger partial charge in [-0.2, -0.15) is 0 Å². The summed E-state index contributed by atoms with van der Waals surface area (Å²) >= 11 is 0. The van der Waals surface area contributed by atoms with Gasteiger partial charge in [-0.3, -0.25) is 0 Å². The minimum atomic E-state index is -0.454. The highest BCUT2D eigenvalue weighted by Crippen LogP contribution is 2.31. The number of amides is 2. The maximum atomic E-state index is 12.5.